The van der Waals surface area contributed by atoms with Crippen LogP contribution < -0.4 is 10.2 Å². The van der Waals surface area contributed by atoms with Crippen molar-refractivity contribution in [2.45, 2.75) is 44.7 Å². The average molecular weight is 392 g/mol. The minimum atomic E-state index is -0.339. The second-order valence-electron chi connectivity index (χ2n) is 7.93. The molecule has 2 fully saturated rings. The third kappa shape index (κ3) is 4.67. The van der Waals surface area contributed by atoms with Gasteiger partial charge in [-0.3, -0.25) is 14.9 Å². The smallest absolute Gasteiger partial charge is 0.244 e. The van der Waals surface area contributed by atoms with Crippen LogP contribution in [0.2, 0.25) is 0 Å². The van der Waals surface area contributed by atoms with Crippen LogP contribution in [0.4, 0.5) is 5.69 Å². The zero-order valence-electron chi connectivity index (χ0n) is 16.8. The average Bonchev–Trinajstić information content (AvgIpc) is 3.21. The summed E-state index contributed by atoms with van der Waals surface area (Å²) in [7, 11) is 0. The van der Waals surface area contributed by atoms with Crippen LogP contribution in [0.25, 0.3) is 0 Å². The van der Waals surface area contributed by atoms with Crippen molar-refractivity contribution in [3.8, 4) is 0 Å². The number of piperidine rings is 1. The molecular formula is C24H29N3O2. The van der Waals surface area contributed by atoms with Gasteiger partial charge < -0.3 is 9.80 Å². The predicted molar refractivity (Wildman–Crippen MR) is 114 cm³/mol. The molecule has 2 aliphatic rings. The van der Waals surface area contributed by atoms with Gasteiger partial charge in [-0.2, -0.15) is 0 Å². The van der Waals surface area contributed by atoms with E-state index in [1.165, 1.54) is 6.42 Å². The third-order valence-corrected chi connectivity index (χ3v) is 5.88. The molecule has 0 aliphatic carbocycles. The molecule has 0 aromatic heterocycles. The van der Waals surface area contributed by atoms with Crippen LogP contribution in [-0.4, -0.2) is 36.3 Å². The quantitative estimate of drug-likeness (QED) is 0.818. The van der Waals surface area contributed by atoms with E-state index in [9.17, 15) is 9.59 Å². The second-order valence-corrected chi connectivity index (χ2v) is 7.93. The topological polar surface area (TPSA) is 52.7 Å². The van der Waals surface area contributed by atoms with E-state index in [2.05, 4.69) is 5.32 Å². The van der Waals surface area contributed by atoms with Crippen LogP contribution in [0.3, 0.4) is 0 Å². The summed E-state index contributed by atoms with van der Waals surface area (Å²) in [5.74, 6) is 0.363. The molecule has 2 heterocycles. The summed E-state index contributed by atoms with van der Waals surface area (Å²) in [5, 5.41) is 3.48. The summed E-state index contributed by atoms with van der Waals surface area (Å²) in [6.07, 6.45) is 4.95. The van der Waals surface area contributed by atoms with Crippen molar-refractivity contribution in [1.29, 1.82) is 0 Å². The third-order valence-electron chi connectivity index (χ3n) is 5.88. The molecule has 4 rings (SSSR count). The zero-order chi connectivity index (χ0) is 20.1. The van der Waals surface area contributed by atoms with E-state index in [0.29, 0.717) is 13.0 Å². The predicted octanol–water partition coefficient (Wildman–Crippen LogP) is 3.66. The maximum Gasteiger partial charge on any atom is 0.244 e. The number of nitrogens with one attached hydrogen (secondary N) is 1. The van der Waals surface area contributed by atoms with Gasteiger partial charge in [-0.25, -0.2) is 0 Å². The minimum Gasteiger partial charge on any atom is -0.341 e. The van der Waals surface area contributed by atoms with Gasteiger partial charge >= 0.3 is 0 Å². The van der Waals surface area contributed by atoms with Crippen molar-refractivity contribution in [3.05, 3.63) is 65.7 Å². The van der Waals surface area contributed by atoms with Gasteiger partial charge in [0.05, 0.1) is 0 Å². The van der Waals surface area contributed by atoms with Gasteiger partial charge in [0.15, 0.2) is 0 Å². The fraction of sp³-hybridized carbons (Fsp3) is 0.417. The fourth-order valence-corrected chi connectivity index (χ4v) is 4.22. The molecule has 2 aromatic carbocycles. The Morgan fingerprint density at radius 2 is 1.62 bits per heavy atom. The van der Waals surface area contributed by atoms with Crippen LogP contribution in [0.1, 0.15) is 49.3 Å². The Morgan fingerprint density at radius 1 is 0.897 bits per heavy atom. The molecule has 2 amide bonds. The molecule has 29 heavy (non-hydrogen) atoms. The molecule has 1 N–H and O–H groups in total. The van der Waals surface area contributed by atoms with E-state index in [1.54, 1.807) is 0 Å². The highest BCUT2D eigenvalue weighted by Gasteiger charge is 2.26. The highest BCUT2D eigenvalue weighted by atomic mass is 16.2. The lowest BCUT2D eigenvalue weighted by molar-refractivity contribution is -0.134. The lowest BCUT2D eigenvalue weighted by atomic mass is 10.0. The number of nitrogens with zero attached hydrogens (tertiary/aromatic N) is 2. The Bertz CT molecular complexity index is 829. The van der Waals surface area contributed by atoms with E-state index in [4.69, 9.17) is 0 Å². The molecule has 2 saturated heterocycles. The zero-order valence-corrected chi connectivity index (χ0v) is 16.8. The summed E-state index contributed by atoms with van der Waals surface area (Å²) in [6, 6.07) is 17.7. The summed E-state index contributed by atoms with van der Waals surface area (Å²) < 4.78 is 0. The molecule has 152 valence electrons. The first-order chi connectivity index (χ1) is 14.2. The van der Waals surface area contributed by atoms with E-state index in [-0.39, 0.29) is 17.9 Å². The molecule has 5 nitrogen and oxygen atoms in total. The van der Waals surface area contributed by atoms with E-state index in [0.717, 1.165) is 55.7 Å². The van der Waals surface area contributed by atoms with Gasteiger partial charge in [-0.05, 0) is 48.9 Å². The fourth-order valence-electron chi connectivity index (χ4n) is 4.22. The van der Waals surface area contributed by atoms with Crippen LogP contribution in [0, 0.1) is 0 Å². The van der Waals surface area contributed by atoms with Crippen molar-refractivity contribution in [3.63, 3.8) is 0 Å². The van der Waals surface area contributed by atoms with Crippen LogP contribution in [0.15, 0.2) is 54.6 Å². The Kier molecular flexibility index (Phi) is 6.25. The maximum absolute atomic E-state index is 13.2. The molecule has 1 atom stereocenters. The van der Waals surface area contributed by atoms with Gasteiger partial charge in [0.1, 0.15) is 6.04 Å². The minimum absolute atomic E-state index is 0.162. The molecule has 0 spiro atoms. The SMILES string of the molecule is O=C([C@@H](NCc1ccc(N2CCCC2=O)cc1)c1ccccc1)N1CCCCC1. The number of anilines is 1. The lowest BCUT2D eigenvalue weighted by Crippen LogP contribution is -2.43. The number of carbonyl (C=O) groups is 2. The highest BCUT2D eigenvalue weighted by molar-refractivity contribution is 5.95. The summed E-state index contributed by atoms with van der Waals surface area (Å²) in [5.41, 5.74) is 3.07. The van der Waals surface area contributed by atoms with Gasteiger partial charge in [0, 0.05) is 38.3 Å². The van der Waals surface area contributed by atoms with Crippen molar-refractivity contribution in [2.24, 2.45) is 0 Å². The van der Waals surface area contributed by atoms with Crippen molar-refractivity contribution in [1.82, 2.24) is 10.2 Å². The van der Waals surface area contributed by atoms with Crippen molar-refractivity contribution >= 4 is 17.5 Å². The molecule has 0 unspecified atom stereocenters. The Balaban J connectivity index is 1.45. The van der Waals surface area contributed by atoms with E-state index in [1.807, 2.05) is 64.4 Å². The molecular weight excluding hydrogens is 362 g/mol. The molecule has 0 bridgehead atoms. The maximum atomic E-state index is 13.2. The summed E-state index contributed by atoms with van der Waals surface area (Å²) >= 11 is 0. The summed E-state index contributed by atoms with van der Waals surface area (Å²) in [4.78, 5) is 29.0. The van der Waals surface area contributed by atoms with Gasteiger partial charge in [0.25, 0.3) is 0 Å². The van der Waals surface area contributed by atoms with Gasteiger partial charge in [-0.1, -0.05) is 42.5 Å². The number of carbonyl (C=O) groups excluding carboxylic acids is 2. The first kappa shape index (κ1) is 19.6. The van der Waals surface area contributed by atoms with Crippen molar-refractivity contribution < 1.29 is 9.59 Å². The van der Waals surface area contributed by atoms with Crippen LogP contribution in [0.5, 0.6) is 0 Å². The van der Waals surface area contributed by atoms with Gasteiger partial charge in [0.2, 0.25) is 11.8 Å². The monoisotopic (exact) mass is 391 g/mol. The molecule has 5 heteroatoms. The Labute approximate surface area is 172 Å². The lowest BCUT2D eigenvalue weighted by Gasteiger charge is -2.31. The van der Waals surface area contributed by atoms with Crippen LogP contribution in [-0.2, 0) is 16.1 Å². The van der Waals surface area contributed by atoms with Crippen LogP contribution >= 0.6 is 0 Å². The number of hydrogen-bond acceptors (Lipinski definition) is 3. The molecule has 2 aromatic rings. The highest BCUT2D eigenvalue weighted by Crippen LogP contribution is 2.23. The second kappa shape index (κ2) is 9.23. The molecule has 2 aliphatic heterocycles. The Hall–Kier alpha value is -2.66. The number of likely N-dealkylation sites (tertiary alicyclic amines) is 1. The number of amides is 2. The van der Waals surface area contributed by atoms with Gasteiger partial charge in [-0.15, -0.1) is 0 Å². The summed E-state index contributed by atoms with van der Waals surface area (Å²) in [6.45, 7) is 3.11. The number of benzene rings is 2. The normalized spacial score (nSPS) is 18.1. The molecule has 0 saturated carbocycles. The molecule has 0 radical (unpaired) electrons. The standard InChI is InChI=1S/C24H29N3O2/c28-22-10-7-17-27(22)21-13-11-19(12-14-21)18-25-23(20-8-3-1-4-9-20)24(29)26-15-5-2-6-16-26/h1,3-4,8-9,11-14,23,25H,2,5-7,10,15-18H2/t23-/m0/s1. The van der Waals surface area contributed by atoms with Crippen molar-refractivity contribution in [2.75, 3.05) is 24.5 Å². The first-order valence-electron chi connectivity index (χ1n) is 10.7. The van der Waals surface area contributed by atoms with E-state index < -0.39 is 0 Å². The van der Waals surface area contributed by atoms with E-state index >= 15 is 0 Å². The largest absolute Gasteiger partial charge is 0.341 e. The number of rotatable bonds is 6. The first-order valence-corrected chi connectivity index (χ1v) is 10.7. The number of hydrogen-bond donors (Lipinski definition) is 1. The Morgan fingerprint density at radius 3 is 2.28 bits per heavy atom.